The summed E-state index contributed by atoms with van der Waals surface area (Å²) >= 11 is 0. The lowest BCUT2D eigenvalue weighted by atomic mass is 10.2. The van der Waals surface area contributed by atoms with Crippen LogP contribution in [0.1, 0.15) is 12.5 Å². The first-order valence-corrected chi connectivity index (χ1v) is 5.58. The topological polar surface area (TPSA) is 43.4 Å². The highest BCUT2D eigenvalue weighted by molar-refractivity contribution is 7.86. The summed E-state index contributed by atoms with van der Waals surface area (Å²) in [5, 5.41) is 0. The van der Waals surface area contributed by atoms with E-state index in [0.29, 0.717) is 5.56 Å². The molecule has 0 fully saturated rings. The normalized spacial score (nSPS) is 10.1. The van der Waals surface area contributed by atoms with E-state index in [1.165, 1.54) is 6.92 Å². The standard InChI is InChI=1S/C10H10O3S/c1-2-8-13-14(11,12)9-10-6-4-3-5-7-10/h3-7H,9H2,1H3. The molecule has 3 nitrogen and oxygen atoms in total. The predicted molar refractivity (Wildman–Crippen MR) is 53.6 cm³/mol. The first-order valence-electron chi connectivity index (χ1n) is 4.01. The summed E-state index contributed by atoms with van der Waals surface area (Å²) in [5.74, 6) is 2.21. The van der Waals surface area contributed by atoms with E-state index in [4.69, 9.17) is 0 Å². The van der Waals surface area contributed by atoms with Crippen molar-refractivity contribution in [3.63, 3.8) is 0 Å². The Bertz CT molecular complexity index is 437. The Morgan fingerprint density at radius 3 is 2.50 bits per heavy atom. The van der Waals surface area contributed by atoms with Gasteiger partial charge in [0.2, 0.25) is 0 Å². The number of hydrogen-bond donors (Lipinski definition) is 0. The lowest BCUT2D eigenvalue weighted by Gasteiger charge is -1.99. The zero-order valence-corrected chi connectivity index (χ0v) is 8.54. The molecule has 0 aromatic heterocycles. The monoisotopic (exact) mass is 210 g/mol. The maximum Gasteiger partial charge on any atom is 0.321 e. The van der Waals surface area contributed by atoms with Crippen LogP contribution in [0.5, 0.6) is 0 Å². The van der Waals surface area contributed by atoms with Gasteiger partial charge in [0, 0.05) is 6.92 Å². The highest BCUT2D eigenvalue weighted by Gasteiger charge is 2.10. The fourth-order valence-electron chi connectivity index (χ4n) is 0.913. The van der Waals surface area contributed by atoms with Gasteiger partial charge >= 0.3 is 10.1 Å². The quantitative estimate of drug-likeness (QED) is 0.561. The van der Waals surface area contributed by atoms with Crippen molar-refractivity contribution in [2.45, 2.75) is 12.7 Å². The summed E-state index contributed by atoms with van der Waals surface area (Å²) in [4.78, 5) is 0. The fourth-order valence-corrected chi connectivity index (χ4v) is 1.78. The van der Waals surface area contributed by atoms with Crippen LogP contribution < -0.4 is 0 Å². The Morgan fingerprint density at radius 1 is 1.29 bits per heavy atom. The number of rotatable bonds is 3. The van der Waals surface area contributed by atoms with Crippen LogP contribution in [0, 0.1) is 12.0 Å². The first-order chi connectivity index (χ1) is 6.64. The van der Waals surface area contributed by atoms with Crippen molar-refractivity contribution in [1.29, 1.82) is 0 Å². The molecular weight excluding hydrogens is 200 g/mol. The molecular formula is C10H10O3S. The number of hydrogen-bond acceptors (Lipinski definition) is 3. The van der Waals surface area contributed by atoms with E-state index < -0.39 is 10.1 Å². The maximum atomic E-state index is 11.2. The van der Waals surface area contributed by atoms with Gasteiger partial charge < -0.3 is 4.18 Å². The second-order valence-corrected chi connectivity index (χ2v) is 4.19. The highest BCUT2D eigenvalue weighted by atomic mass is 32.2. The average molecular weight is 210 g/mol. The number of benzene rings is 1. The van der Waals surface area contributed by atoms with Gasteiger partial charge in [-0.1, -0.05) is 36.3 Å². The van der Waals surface area contributed by atoms with Crippen LogP contribution in [-0.4, -0.2) is 8.42 Å². The molecule has 0 saturated carbocycles. The SMILES string of the molecule is CC#COS(=O)(=O)Cc1ccccc1. The minimum Gasteiger partial charge on any atom is -0.327 e. The minimum absolute atomic E-state index is 0.150. The van der Waals surface area contributed by atoms with E-state index in [0.717, 1.165) is 0 Å². The van der Waals surface area contributed by atoms with Crippen molar-refractivity contribution in [2.75, 3.05) is 0 Å². The van der Waals surface area contributed by atoms with Gasteiger partial charge in [-0.05, 0) is 5.56 Å². The second kappa shape index (κ2) is 4.68. The van der Waals surface area contributed by atoms with Gasteiger partial charge in [-0.25, -0.2) is 0 Å². The highest BCUT2D eigenvalue weighted by Crippen LogP contribution is 2.06. The van der Waals surface area contributed by atoms with E-state index in [2.05, 4.69) is 16.2 Å². The van der Waals surface area contributed by atoms with E-state index in [1.54, 1.807) is 24.3 Å². The van der Waals surface area contributed by atoms with Crippen LogP contribution >= 0.6 is 0 Å². The maximum absolute atomic E-state index is 11.2. The van der Waals surface area contributed by atoms with E-state index in [1.807, 2.05) is 6.07 Å². The summed E-state index contributed by atoms with van der Waals surface area (Å²) in [6.45, 7) is 1.51. The molecule has 74 valence electrons. The molecule has 1 aromatic rings. The van der Waals surface area contributed by atoms with E-state index >= 15 is 0 Å². The van der Waals surface area contributed by atoms with Gasteiger partial charge in [0.25, 0.3) is 0 Å². The molecule has 14 heavy (non-hydrogen) atoms. The van der Waals surface area contributed by atoms with Crippen LogP contribution in [0.15, 0.2) is 30.3 Å². The molecule has 0 heterocycles. The van der Waals surface area contributed by atoms with Gasteiger partial charge in [-0.2, -0.15) is 8.42 Å². The Kier molecular flexibility index (Phi) is 3.55. The average Bonchev–Trinajstić information content (AvgIpc) is 2.16. The molecule has 0 spiro atoms. The zero-order chi connectivity index (χ0) is 10.4. The molecule has 0 N–H and O–H groups in total. The Hall–Kier alpha value is -1.47. The van der Waals surface area contributed by atoms with Crippen molar-refractivity contribution in [2.24, 2.45) is 0 Å². The van der Waals surface area contributed by atoms with Crippen LogP contribution in [0.2, 0.25) is 0 Å². The molecule has 1 rings (SSSR count). The van der Waals surface area contributed by atoms with Gasteiger partial charge in [-0.3, -0.25) is 0 Å². The zero-order valence-electron chi connectivity index (χ0n) is 7.73. The molecule has 4 heteroatoms. The van der Waals surface area contributed by atoms with Crippen molar-refractivity contribution < 1.29 is 12.6 Å². The van der Waals surface area contributed by atoms with Crippen molar-refractivity contribution in [3.8, 4) is 12.0 Å². The Morgan fingerprint density at radius 2 is 1.93 bits per heavy atom. The molecule has 0 unspecified atom stereocenters. The molecule has 0 aliphatic carbocycles. The first kappa shape index (κ1) is 10.6. The van der Waals surface area contributed by atoms with Crippen molar-refractivity contribution >= 4 is 10.1 Å². The molecule has 0 aliphatic rings. The molecule has 1 aromatic carbocycles. The lowest BCUT2D eigenvalue weighted by molar-refractivity contribution is 0.464. The van der Waals surface area contributed by atoms with Gasteiger partial charge in [0.1, 0.15) is 11.9 Å². The third-order valence-electron chi connectivity index (χ3n) is 1.46. The third kappa shape index (κ3) is 3.50. The van der Waals surface area contributed by atoms with E-state index in [-0.39, 0.29) is 5.75 Å². The Balaban J connectivity index is 2.73. The third-order valence-corrected chi connectivity index (χ3v) is 2.48. The molecule has 0 atom stereocenters. The molecule has 0 amide bonds. The van der Waals surface area contributed by atoms with Gasteiger partial charge in [0.05, 0.1) is 0 Å². The second-order valence-electron chi connectivity index (χ2n) is 2.62. The summed E-state index contributed by atoms with van der Waals surface area (Å²) in [7, 11) is -3.57. The van der Waals surface area contributed by atoms with Gasteiger partial charge in [0.15, 0.2) is 0 Å². The largest absolute Gasteiger partial charge is 0.327 e. The van der Waals surface area contributed by atoms with Crippen LogP contribution in [-0.2, 0) is 20.1 Å². The molecule has 0 bridgehead atoms. The Labute approximate surface area is 83.8 Å². The lowest BCUT2D eigenvalue weighted by Crippen LogP contribution is -2.05. The summed E-state index contributed by atoms with van der Waals surface area (Å²) in [6, 6.07) is 8.82. The molecule has 0 radical (unpaired) electrons. The van der Waals surface area contributed by atoms with Gasteiger partial charge in [-0.15, -0.1) is 0 Å². The molecule has 0 aliphatic heterocycles. The summed E-state index contributed by atoms with van der Waals surface area (Å²) < 4.78 is 26.9. The summed E-state index contributed by atoms with van der Waals surface area (Å²) in [6.07, 6.45) is 2.07. The van der Waals surface area contributed by atoms with Crippen molar-refractivity contribution in [3.05, 3.63) is 35.9 Å². The fraction of sp³-hybridized carbons (Fsp3) is 0.200. The van der Waals surface area contributed by atoms with Crippen LogP contribution in [0.25, 0.3) is 0 Å². The van der Waals surface area contributed by atoms with E-state index in [9.17, 15) is 8.42 Å². The molecule has 0 saturated heterocycles. The predicted octanol–water partition coefficient (Wildman–Crippen LogP) is 1.51. The minimum atomic E-state index is -3.57. The summed E-state index contributed by atoms with van der Waals surface area (Å²) in [5.41, 5.74) is 0.686. The van der Waals surface area contributed by atoms with Crippen LogP contribution in [0.4, 0.5) is 0 Å². The van der Waals surface area contributed by atoms with Crippen LogP contribution in [0.3, 0.4) is 0 Å². The smallest absolute Gasteiger partial charge is 0.321 e. The van der Waals surface area contributed by atoms with Crippen molar-refractivity contribution in [1.82, 2.24) is 0 Å².